The quantitative estimate of drug-likeness (QED) is 0.796. The first-order chi connectivity index (χ1) is 11.6. The van der Waals surface area contributed by atoms with Crippen LogP contribution in [0.2, 0.25) is 0 Å². The molecule has 1 fully saturated rings. The van der Waals surface area contributed by atoms with Gasteiger partial charge in [-0.05, 0) is 42.8 Å². The van der Waals surface area contributed by atoms with E-state index in [1.165, 1.54) is 10.5 Å². The van der Waals surface area contributed by atoms with E-state index in [0.29, 0.717) is 0 Å². The van der Waals surface area contributed by atoms with Gasteiger partial charge in [0.25, 0.3) is 0 Å². The fraction of sp³-hybridized carbons (Fsp3) is 0.500. The molecule has 0 aromatic rings. The van der Waals surface area contributed by atoms with Crippen molar-refractivity contribution in [1.82, 2.24) is 15.1 Å². The second-order valence-electron chi connectivity index (χ2n) is 6.86. The van der Waals surface area contributed by atoms with Gasteiger partial charge in [0.15, 0.2) is 0 Å². The Morgan fingerprint density at radius 2 is 2.29 bits per heavy atom. The third kappa shape index (κ3) is 2.53. The summed E-state index contributed by atoms with van der Waals surface area (Å²) in [4.78, 5) is 10.6. The van der Waals surface area contributed by atoms with Gasteiger partial charge in [0, 0.05) is 25.8 Å². The maximum absolute atomic E-state index is 9.62. The number of piperazine rings is 1. The van der Waals surface area contributed by atoms with Crippen molar-refractivity contribution in [2.75, 3.05) is 33.3 Å². The van der Waals surface area contributed by atoms with Crippen LogP contribution < -0.4 is 5.32 Å². The summed E-state index contributed by atoms with van der Waals surface area (Å²) in [6.45, 7) is 5.06. The number of hydrogen-bond acceptors (Lipinski definition) is 6. The molecule has 0 aromatic carbocycles. The fourth-order valence-electron chi connectivity index (χ4n) is 3.84. The van der Waals surface area contributed by atoms with E-state index in [4.69, 9.17) is 4.99 Å². The first kappa shape index (κ1) is 16.0. The second kappa shape index (κ2) is 6.10. The number of rotatable bonds is 2. The summed E-state index contributed by atoms with van der Waals surface area (Å²) in [5.74, 6) is 1.03. The Morgan fingerprint density at radius 3 is 3.12 bits per heavy atom. The van der Waals surface area contributed by atoms with E-state index in [0.717, 1.165) is 25.5 Å². The van der Waals surface area contributed by atoms with E-state index in [9.17, 15) is 5.11 Å². The van der Waals surface area contributed by atoms with Gasteiger partial charge < -0.3 is 15.3 Å². The highest BCUT2D eigenvalue weighted by molar-refractivity contribution is 8.03. The molecule has 0 aromatic heterocycles. The average molecular weight is 344 g/mol. The zero-order valence-electron chi connectivity index (χ0n) is 14.1. The third-order valence-corrected chi connectivity index (χ3v) is 6.57. The molecular weight excluding hydrogens is 320 g/mol. The number of nitrogens with zero attached hydrogens (tertiary/aromatic N) is 3. The number of nitrogens with one attached hydrogen (secondary N) is 1. The van der Waals surface area contributed by atoms with E-state index >= 15 is 0 Å². The van der Waals surface area contributed by atoms with E-state index in [2.05, 4.69) is 53.4 Å². The van der Waals surface area contributed by atoms with Crippen LogP contribution in [0.15, 0.2) is 51.8 Å². The van der Waals surface area contributed by atoms with Crippen LogP contribution in [0.3, 0.4) is 0 Å². The lowest BCUT2D eigenvalue weighted by Gasteiger charge is -2.42. The fourth-order valence-corrected chi connectivity index (χ4v) is 5.09. The molecule has 3 atom stereocenters. The Balaban J connectivity index is 1.68. The van der Waals surface area contributed by atoms with Crippen molar-refractivity contribution in [3.05, 3.63) is 46.8 Å². The molecule has 2 unspecified atom stereocenters. The Labute approximate surface area is 147 Å². The summed E-state index contributed by atoms with van der Waals surface area (Å²) in [6, 6.07) is 0.171. The largest absolute Gasteiger partial charge is 0.395 e. The van der Waals surface area contributed by atoms with Gasteiger partial charge in [-0.25, -0.2) is 4.99 Å². The molecule has 0 bridgehead atoms. The molecule has 4 aliphatic heterocycles. The average Bonchev–Trinajstić information content (AvgIpc) is 2.78. The van der Waals surface area contributed by atoms with Gasteiger partial charge in [-0.15, -0.1) is 11.8 Å². The van der Waals surface area contributed by atoms with E-state index in [1.807, 2.05) is 24.2 Å². The van der Waals surface area contributed by atoms with Crippen LogP contribution in [0.4, 0.5) is 0 Å². The number of allylic oxidation sites excluding steroid dienone is 3. The minimum Gasteiger partial charge on any atom is -0.395 e. The van der Waals surface area contributed by atoms with Crippen LogP contribution in [0.1, 0.15) is 6.92 Å². The molecule has 128 valence electrons. The van der Waals surface area contributed by atoms with Crippen molar-refractivity contribution >= 4 is 18.0 Å². The minimum atomic E-state index is -0.145. The summed E-state index contributed by atoms with van der Waals surface area (Å²) in [5, 5.41) is 13.4. The summed E-state index contributed by atoms with van der Waals surface area (Å²) >= 11 is 1.88. The highest BCUT2D eigenvalue weighted by atomic mass is 32.2. The van der Waals surface area contributed by atoms with Gasteiger partial charge in [0.2, 0.25) is 0 Å². The van der Waals surface area contributed by atoms with Crippen LogP contribution in [0.25, 0.3) is 0 Å². The number of aliphatic hydroxyl groups is 1. The Bertz CT molecular complexity index is 681. The van der Waals surface area contributed by atoms with Crippen LogP contribution >= 0.6 is 11.8 Å². The van der Waals surface area contributed by atoms with Gasteiger partial charge in [-0.2, -0.15) is 0 Å². The van der Waals surface area contributed by atoms with Gasteiger partial charge in [0.05, 0.1) is 23.4 Å². The molecule has 2 N–H and O–H groups in total. The smallest absolute Gasteiger partial charge is 0.125 e. The summed E-state index contributed by atoms with van der Waals surface area (Å²) in [6.07, 6.45) is 12.9. The SMILES string of the molecule is CC1=CC23C=C(N4CCN(C)C(CO)C4)N=CC2=CC=CN[C@@H]3S1. The lowest BCUT2D eigenvalue weighted by molar-refractivity contribution is 0.0726. The standard InChI is InChI=1S/C18H24N4OS/c1-13-8-18-9-16(22-7-6-21(2)15(11-22)12-23)20-10-14(18)4-3-5-19-17(18)24-13/h3-5,8-10,15,17,19,23H,6-7,11-12H2,1-2H3/t15?,17-,18?/m1/s1. The van der Waals surface area contributed by atoms with Gasteiger partial charge in [-0.1, -0.05) is 12.2 Å². The van der Waals surface area contributed by atoms with Gasteiger partial charge in [-0.3, -0.25) is 4.90 Å². The number of hydrogen-bond donors (Lipinski definition) is 2. The number of likely N-dealkylation sites (N-methyl/N-ethyl adjacent to an activating group) is 1. The molecule has 24 heavy (non-hydrogen) atoms. The van der Waals surface area contributed by atoms with Crippen LogP contribution in [0, 0.1) is 5.41 Å². The van der Waals surface area contributed by atoms with E-state index in [-0.39, 0.29) is 23.4 Å². The second-order valence-corrected chi connectivity index (χ2v) is 8.21. The highest BCUT2D eigenvalue weighted by Crippen LogP contribution is 2.51. The first-order valence-electron chi connectivity index (χ1n) is 8.45. The van der Waals surface area contributed by atoms with Crippen molar-refractivity contribution in [3.8, 4) is 0 Å². The topological polar surface area (TPSA) is 51.1 Å². The van der Waals surface area contributed by atoms with Crippen molar-refractivity contribution in [3.63, 3.8) is 0 Å². The van der Waals surface area contributed by atoms with Crippen LogP contribution in [0.5, 0.6) is 0 Å². The van der Waals surface area contributed by atoms with E-state index < -0.39 is 0 Å². The molecule has 0 radical (unpaired) electrons. The molecule has 4 aliphatic rings. The van der Waals surface area contributed by atoms with Crippen molar-refractivity contribution in [1.29, 1.82) is 0 Å². The lowest BCUT2D eigenvalue weighted by Crippen LogP contribution is -2.52. The Morgan fingerprint density at radius 1 is 1.42 bits per heavy atom. The van der Waals surface area contributed by atoms with Crippen LogP contribution in [-0.4, -0.2) is 65.8 Å². The molecule has 0 aliphatic carbocycles. The zero-order valence-corrected chi connectivity index (χ0v) is 15.0. The van der Waals surface area contributed by atoms with Gasteiger partial charge >= 0.3 is 0 Å². The molecule has 1 spiro atoms. The highest BCUT2D eigenvalue weighted by Gasteiger charge is 2.45. The summed E-state index contributed by atoms with van der Waals surface area (Å²) in [7, 11) is 2.08. The predicted molar refractivity (Wildman–Crippen MR) is 99.6 cm³/mol. The maximum Gasteiger partial charge on any atom is 0.125 e. The van der Waals surface area contributed by atoms with Crippen LogP contribution in [-0.2, 0) is 0 Å². The molecule has 0 saturated carbocycles. The Kier molecular flexibility index (Phi) is 4.06. The van der Waals surface area contributed by atoms with Crippen molar-refractivity contribution in [2.45, 2.75) is 18.3 Å². The number of aliphatic hydroxyl groups excluding tert-OH is 1. The predicted octanol–water partition coefficient (Wildman–Crippen LogP) is 1.53. The number of aliphatic imine (C=N–C) groups is 1. The zero-order chi connectivity index (χ0) is 16.7. The molecule has 1 saturated heterocycles. The third-order valence-electron chi connectivity index (χ3n) is 5.31. The Hall–Kier alpha value is -1.50. The maximum atomic E-state index is 9.62. The molecular formula is C18H24N4OS. The molecule has 6 heteroatoms. The normalized spacial score (nSPS) is 35.5. The monoisotopic (exact) mass is 344 g/mol. The molecule has 0 amide bonds. The lowest BCUT2D eigenvalue weighted by atomic mass is 9.78. The van der Waals surface area contributed by atoms with Crippen molar-refractivity contribution in [2.24, 2.45) is 10.4 Å². The summed E-state index contributed by atoms with van der Waals surface area (Å²) in [5.41, 5.74) is 1.09. The molecule has 4 rings (SSSR count). The van der Waals surface area contributed by atoms with Crippen molar-refractivity contribution < 1.29 is 5.11 Å². The first-order valence-corrected chi connectivity index (χ1v) is 9.33. The van der Waals surface area contributed by atoms with E-state index in [1.54, 1.807) is 0 Å². The minimum absolute atomic E-state index is 0.145. The molecule has 4 heterocycles. The molecule has 5 nitrogen and oxygen atoms in total. The van der Waals surface area contributed by atoms with Gasteiger partial charge in [0.1, 0.15) is 5.82 Å². The number of thioether (sulfide) groups is 1. The summed E-state index contributed by atoms with van der Waals surface area (Å²) < 4.78 is 0.